The lowest BCUT2D eigenvalue weighted by Crippen LogP contribution is -2.37. The van der Waals surface area contributed by atoms with Crippen molar-refractivity contribution in [1.29, 1.82) is 0 Å². The van der Waals surface area contributed by atoms with Crippen LogP contribution >= 0.6 is 0 Å². The second-order valence-electron chi connectivity index (χ2n) is 6.66. The molecule has 0 radical (unpaired) electrons. The molecule has 0 unspecified atom stereocenters. The highest BCUT2D eigenvalue weighted by molar-refractivity contribution is 5.98. The quantitative estimate of drug-likeness (QED) is 0.691. The lowest BCUT2D eigenvalue weighted by molar-refractivity contribution is -0.199. The van der Waals surface area contributed by atoms with Crippen LogP contribution in [0.1, 0.15) is 27.3 Å². The number of amides is 1. The number of hydrogen-bond acceptors (Lipinski definition) is 5. The van der Waals surface area contributed by atoms with Crippen LogP contribution in [0.15, 0.2) is 48.9 Å². The van der Waals surface area contributed by atoms with E-state index in [1.807, 2.05) is 6.07 Å². The maximum Gasteiger partial charge on any atom is 0.493 e. The normalized spacial score (nSPS) is 13.7. The summed E-state index contributed by atoms with van der Waals surface area (Å²) in [5.41, 5.74) is 2.26. The van der Waals surface area contributed by atoms with E-state index < -0.39 is 18.1 Å². The van der Waals surface area contributed by atoms with E-state index in [4.69, 9.17) is 0 Å². The van der Waals surface area contributed by atoms with E-state index in [-0.39, 0.29) is 29.9 Å². The Morgan fingerprint density at radius 2 is 2.03 bits per heavy atom. The van der Waals surface area contributed by atoms with Crippen LogP contribution in [0.2, 0.25) is 0 Å². The van der Waals surface area contributed by atoms with Gasteiger partial charge in [0.2, 0.25) is 0 Å². The number of alkyl halides is 3. The molecule has 1 aliphatic rings. The molecule has 0 saturated heterocycles. The molecule has 0 spiro atoms. The number of carbonyl (C=O) groups excluding carboxylic acids is 2. The molecule has 158 valence electrons. The molecule has 0 atom stereocenters. The van der Waals surface area contributed by atoms with Gasteiger partial charge in [0.15, 0.2) is 0 Å². The Labute approximate surface area is 174 Å². The number of fused-ring (bicyclic) bond motifs is 1. The number of pyridine rings is 2. The molecule has 0 bridgehead atoms. The van der Waals surface area contributed by atoms with Gasteiger partial charge in [-0.15, -0.1) is 0 Å². The predicted molar refractivity (Wildman–Crippen MR) is 105 cm³/mol. The van der Waals surface area contributed by atoms with Crippen LogP contribution in [0.25, 0.3) is 23.4 Å². The van der Waals surface area contributed by atoms with Gasteiger partial charge < -0.3 is 10.2 Å². The van der Waals surface area contributed by atoms with E-state index in [9.17, 15) is 22.8 Å². The fourth-order valence-corrected chi connectivity index (χ4v) is 3.15. The monoisotopic (exact) mass is 428 g/mol. The minimum atomic E-state index is -5.18. The second-order valence-corrected chi connectivity index (χ2v) is 6.66. The van der Waals surface area contributed by atoms with Gasteiger partial charge in [-0.05, 0) is 35.9 Å². The Balaban J connectivity index is 1.74. The maximum absolute atomic E-state index is 12.8. The predicted octanol–water partition coefficient (Wildman–Crippen LogP) is 2.92. The third kappa shape index (κ3) is 4.32. The zero-order valence-corrected chi connectivity index (χ0v) is 15.9. The molecule has 0 aromatic carbocycles. The summed E-state index contributed by atoms with van der Waals surface area (Å²) in [6.45, 7) is 0.217. The Morgan fingerprint density at radius 1 is 1.19 bits per heavy atom. The van der Waals surface area contributed by atoms with Gasteiger partial charge in [0.1, 0.15) is 0 Å². The second kappa shape index (κ2) is 8.05. The van der Waals surface area contributed by atoms with Crippen molar-refractivity contribution >= 4 is 24.0 Å². The van der Waals surface area contributed by atoms with Crippen LogP contribution in [-0.2, 0) is 11.2 Å². The van der Waals surface area contributed by atoms with E-state index >= 15 is 0 Å². The van der Waals surface area contributed by atoms with Gasteiger partial charge in [-0.3, -0.25) is 14.8 Å². The molecule has 3 aromatic rings. The number of nitrogens with one attached hydrogen (secondary N) is 1. The summed E-state index contributed by atoms with van der Waals surface area (Å²) in [6, 6.07) is 8.20. The summed E-state index contributed by atoms with van der Waals surface area (Å²) in [4.78, 5) is 36.6. The first kappa shape index (κ1) is 20.3. The zero-order chi connectivity index (χ0) is 22.0. The third-order valence-electron chi connectivity index (χ3n) is 4.56. The van der Waals surface area contributed by atoms with E-state index in [0.717, 1.165) is 10.3 Å². The van der Waals surface area contributed by atoms with E-state index in [2.05, 4.69) is 20.1 Å². The molecule has 1 amide bonds. The van der Waals surface area contributed by atoms with Gasteiger partial charge in [0.05, 0.1) is 22.6 Å². The topological polar surface area (TPSA) is 86.1 Å². The van der Waals surface area contributed by atoms with E-state index in [0.29, 0.717) is 11.3 Å². The number of halogens is 3. The Morgan fingerprint density at radius 3 is 2.77 bits per heavy atom. The Kier molecular flexibility index (Phi) is 5.28. The van der Waals surface area contributed by atoms with E-state index in [1.165, 1.54) is 12.3 Å². The first-order chi connectivity index (χ1) is 14.8. The van der Waals surface area contributed by atoms with Crippen molar-refractivity contribution in [3.63, 3.8) is 0 Å². The number of hydrogen-bond donors (Lipinski definition) is 1. The summed E-state index contributed by atoms with van der Waals surface area (Å²) >= 11 is 0. The highest BCUT2D eigenvalue weighted by Crippen LogP contribution is 2.29. The maximum atomic E-state index is 12.8. The fourth-order valence-electron chi connectivity index (χ4n) is 3.15. The Bertz CT molecular complexity index is 1170. The van der Waals surface area contributed by atoms with Gasteiger partial charge in [-0.1, -0.05) is 12.1 Å². The number of aromatic nitrogens is 3. The van der Waals surface area contributed by atoms with Crippen LogP contribution in [-0.4, -0.2) is 39.3 Å². The van der Waals surface area contributed by atoms with Crippen molar-refractivity contribution in [2.45, 2.75) is 12.6 Å². The highest BCUT2D eigenvalue weighted by atomic mass is 19.4. The van der Waals surface area contributed by atoms with Crippen molar-refractivity contribution in [3.05, 3.63) is 71.4 Å². The van der Waals surface area contributed by atoms with Crippen molar-refractivity contribution in [1.82, 2.24) is 20.0 Å². The lowest BCUT2D eigenvalue weighted by atomic mass is 10.1. The average Bonchev–Trinajstić information content (AvgIpc) is 3.12. The molecule has 0 aliphatic carbocycles. The van der Waals surface area contributed by atoms with Gasteiger partial charge >= 0.3 is 12.1 Å². The molecule has 4 heterocycles. The molecular formula is C21H15F3N4O3. The van der Waals surface area contributed by atoms with Crippen LogP contribution in [0.3, 0.4) is 0 Å². The molecular weight excluding hydrogens is 413 g/mol. The lowest BCUT2D eigenvalue weighted by Gasteiger charge is -2.17. The molecule has 31 heavy (non-hydrogen) atoms. The molecule has 10 heteroatoms. The molecule has 1 aliphatic heterocycles. The molecule has 7 nitrogen and oxygen atoms in total. The van der Waals surface area contributed by atoms with Gasteiger partial charge in [-0.2, -0.15) is 17.9 Å². The SMILES string of the molecule is O=C1NCCc2c1cc(-c1ccnc(/C=C\c3cccnc3)c1)n2OC(=O)C(F)(F)F. The zero-order valence-electron chi connectivity index (χ0n) is 15.9. The standard InChI is InChI=1S/C21H15F3N4O3/c22-21(23,24)20(30)31-28-17-6-9-27-19(29)16(17)11-18(28)14-5-8-26-15(10-14)4-3-13-2-1-7-25-12-13/h1-5,7-8,10-12H,6,9H2,(H,27,29)/b4-3-. The van der Waals surface area contributed by atoms with Gasteiger partial charge in [0, 0.05) is 37.1 Å². The number of nitrogens with zero attached hydrogens (tertiary/aromatic N) is 3. The summed E-state index contributed by atoms with van der Waals surface area (Å²) in [5.74, 6) is -2.82. The molecule has 4 rings (SSSR count). The van der Waals surface area contributed by atoms with Crippen LogP contribution < -0.4 is 10.2 Å². The van der Waals surface area contributed by atoms with Crippen molar-refractivity contribution < 1.29 is 27.6 Å². The van der Waals surface area contributed by atoms with Crippen molar-refractivity contribution in [2.24, 2.45) is 0 Å². The summed E-state index contributed by atoms with van der Waals surface area (Å²) < 4.78 is 39.2. The number of carbonyl (C=O) groups is 2. The van der Waals surface area contributed by atoms with Crippen LogP contribution in [0, 0.1) is 0 Å². The van der Waals surface area contributed by atoms with Gasteiger partial charge in [0.25, 0.3) is 5.91 Å². The van der Waals surface area contributed by atoms with Gasteiger partial charge in [-0.25, -0.2) is 4.79 Å². The van der Waals surface area contributed by atoms with Crippen LogP contribution in [0.5, 0.6) is 0 Å². The summed E-state index contributed by atoms with van der Waals surface area (Å²) in [5, 5.41) is 2.62. The Hall–Kier alpha value is -3.95. The fraction of sp³-hybridized carbons (Fsp3) is 0.143. The molecule has 3 aromatic heterocycles. The van der Waals surface area contributed by atoms with Crippen molar-refractivity contribution in [2.75, 3.05) is 6.54 Å². The first-order valence-corrected chi connectivity index (χ1v) is 9.20. The molecule has 0 saturated carbocycles. The van der Waals surface area contributed by atoms with E-state index in [1.54, 1.807) is 42.7 Å². The van der Waals surface area contributed by atoms with Crippen LogP contribution in [0.4, 0.5) is 13.2 Å². The first-order valence-electron chi connectivity index (χ1n) is 9.20. The smallest absolute Gasteiger partial charge is 0.352 e. The van der Waals surface area contributed by atoms with Crippen molar-refractivity contribution in [3.8, 4) is 11.3 Å². The average molecular weight is 428 g/mol. The summed E-state index contributed by atoms with van der Waals surface area (Å²) in [6.07, 6.45) is 3.30. The summed E-state index contributed by atoms with van der Waals surface area (Å²) in [7, 11) is 0. The minimum absolute atomic E-state index is 0.137. The minimum Gasteiger partial charge on any atom is -0.352 e. The molecule has 0 fully saturated rings. The molecule has 1 N–H and O–H groups in total. The third-order valence-corrected chi connectivity index (χ3v) is 4.56. The highest BCUT2D eigenvalue weighted by Gasteiger charge is 2.43. The number of rotatable bonds is 4. The largest absolute Gasteiger partial charge is 0.493 e.